The van der Waals surface area contributed by atoms with E-state index in [0.29, 0.717) is 18.4 Å². The highest BCUT2D eigenvalue weighted by molar-refractivity contribution is 5.67. The molecule has 5 heteroatoms. The lowest BCUT2D eigenvalue weighted by Crippen LogP contribution is -2.19. The molecule has 5 nitrogen and oxygen atoms in total. The van der Waals surface area contributed by atoms with Gasteiger partial charge in [0.15, 0.2) is 0 Å². The van der Waals surface area contributed by atoms with Crippen molar-refractivity contribution in [2.75, 3.05) is 11.9 Å². The van der Waals surface area contributed by atoms with E-state index in [9.17, 15) is 4.79 Å². The zero-order valence-electron chi connectivity index (χ0n) is 12.1. The van der Waals surface area contributed by atoms with Gasteiger partial charge in [0, 0.05) is 24.4 Å². The SMILES string of the molecule is CCC(CNc1nc(C)cc(C(C)C)n1)CC(=O)O. The van der Waals surface area contributed by atoms with Crippen LogP contribution in [0.5, 0.6) is 0 Å². The Labute approximate surface area is 114 Å². The van der Waals surface area contributed by atoms with Crippen LogP contribution in [0.15, 0.2) is 6.07 Å². The zero-order chi connectivity index (χ0) is 14.4. The van der Waals surface area contributed by atoms with Crippen molar-refractivity contribution in [1.29, 1.82) is 0 Å². The highest BCUT2D eigenvalue weighted by Gasteiger charge is 2.12. The van der Waals surface area contributed by atoms with Crippen LogP contribution in [0.2, 0.25) is 0 Å². The van der Waals surface area contributed by atoms with Gasteiger partial charge in [0.05, 0.1) is 0 Å². The fourth-order valence-corrected chi connectivity index (χ4v) is 1.81. The van der Waals surface area contributed by atoms with Crippen LogP contribution < -0.4 is 5.32 Å². The minimum atomic E-state index is -0.762. The zero-order valence-corrected chi connectivity index (χ0v) is 12.1. The molecule has 0 spiro atoms. The van der Waals surface area contributed by atoms with Gasteiger partial charge >= 0.3 is 5.97 Å². The number of carboxylic acids is 1. The lowest BCUT2D eigenvalue weighted by molar-refractivity contribution is -0.138. The first kappa shape index (κ1) is 15.4. The van der Waals surface area contributed by atoms with Gasteiger partial charge in [-0.05, 0) is 24.8 Å². The number of nitrogens with one attached hydrogen (secondary N) is 1. The van der Waals surface area contributed by atoms with Crippen molar-refractivity contribution >= 4 is 11.9 Å². The maximum atomic E-state index is 10.7. The van der Waals surface area contributed by atoms with E-state index >= 15 is 0 Å². The lowest BCUT2D eigenvalue weighted by Gasteiger charge is -2.14. The molecule has 1 aromatic heterocycles. The van der Waals surface area contributed by atoms with E-state index in [-0.39, 0.29) is 12.3 Å². The molecule has 0 aromatic carbocycles. The van der Waals surface area contributed by atoms with E-state index in [4.69, 9.17) is 5.11 Å². The van der Waals surface area contributed by atoms with Crippen LogP contribution in [0.1, 0.15) is 50.9 Å². The smallest absolute Gasteiger partial charge is 0.303 e. The van der Waals surface area contributed by atoms with E-state index in [1.807, 2.05) is 19.9 Å². The summed E-state index contributed by atoms with van der Waals surface area (Å²) in [6, 6.07) is 1.98. The average Bonchev–Trinajstić information content (AvgIpc) is 2.33. The molecule has 1 aromatic rings. The van der Waals surface area contributed by atoms with Crippen molar-refractivity contribution in [3.05, 3.63) is 17.5 Å². The molecule has 19 heavy (non-hydrogen) atoms. The van der Waals surface area contributed by atoms with Crippen molar-refractivity contribution in [1.82, 2.24) is 9.97 Å². The number of hydrogen-bond donors (Lipinski definition) is 2. The van der Waals surface area contributed by atoms with E-state index in [1.165, 1.54) is 0 Å². The van der Waals surface area contributed by atoms with Crippen LogP contribution in [-0.2, 0) is 4.79 Å². The molecular weight excluding hydrogens is 242 g/mol. The molecule has 0 radical (unpaired) electrons. The molecule has 0 saturated heterocycles. The minimum absolute atomic E-state index is 0.101. The fourth-order valence-electron chi connectivity index (χ4n) is 1.81. The third-order valence-electron chi connectivity index (χ3n) is 3.06. The lowest BCUT2D eigenvalue weighted by atomic mass is 10.0. The Bertz CT molecular complexity index is 433. The van der Waals surface area contributed by atoms with Crippen LogP contribution in [0, 0.1) is 12.8 Å². The summed E-state index contributed by atoms with van der Waals surface area (Å²) in [5, 5.41) is 12.0. The van der Waals surface area contributed by atoms with Crippen LogP contribution >= 0.6 is 0 Å². The van der Waals surface area contributed by atoms with Gasteiger partial charge in [-0.1, -0.05) is 27.2 Å². The molecule has 1 atom stereocenters. The third kappa shape index (κ3) is 5.24. The number of hydrogen-bond acceptors (Lipinski definition) is 4. The van der Waals surface area contributed by atoms with Crippen molar-refractivity contribution in [2.45, 2.75) is 46.5 Å². The summed E-state index contributed by atoms with van der Waals surface area (Å²) in [7, 11) is 0. The monoisotopic (exact) mass is 265 g/mol. The second-order valence-corrected chi connectivity index (χ2v) is 5.17. The van der Waals surface area contributed by atoms with Gasteiger partial charge < -0.3 is 10.4 Å². The summed E-state index contributed by atoms with van der Waals surface area (Å²) in [5.41, 5.74) is 1.92. The molecule has 1 rings (SSSR count). The first-order valence-electron chi connectivity index (χ1n) is 6.73. The van der Waals surface area contributed by atoms with Gasteiger partial charge in [0.25, 0.3) is 0 Å². The van der Waals surface area contributed by atoms with E-state index in [2.05, 4.69) is 29.1 Å². The Morgan fingerprint density at radius 2 is 2.11 bits per heavy atom. The fraction of sp³-hybridized carbons (Fsp3) is 0.643. The Morgan fingerprint density at radius 3 is 2.63 bits per heavy atom. The standard InChI is InChI=1S/C14H23N3O2/c1-5-11(7-13(18)19)8-15-14-16-10(4)6-12(17-14)9(2)3/h6,9,11H,5,7-8H2,1-4H3,(H,18,19)(H,15,16,17). The molecule has 1 heterocycles. The van der Waals surface area contributed by atoms with Gasteiger partial charge in [-0.15, -0.1) is 0 Å². The second-order valence-electron chi connectivity index (χ2n) is 5.17. The van der Waals surface area contributed by atoms with Crippen molar-refractivity contribution < 1.29 is 9.90 Å². The van der Waals surface area contributed by atoms with Gasteiger partial charge in [0.2, 0.25) is 5.95 Å². The number of aliphatic carboxylic acids is 1. The summed E-state index contributed by atoms with van der Waals surface area (Å²) in [5.74, 6) is 0.279. The summed E-state index contributed by atoms with van der Waals surface area (Å²) in [4.78, 5) is 19.5. The van der Waals surface area contributed by atoms with E-state index in [0.717, 1.165) is 17.8 Å². The van der Waals surface area contributed by atoms with E-state index in [1.54, 1.807) is 0 Å². The summed E-state index contributed by atoms with van der Waals surface area (Å²) < 4.78 is 0. The number of rotatable bonds is 7. The molecule has 0 bridgehead atoms. The minimum Gasteiger partial charge on any atom is -0.481 e. The Morgan fingerprint density at radius 1 is 1.42 bits per heavy atom. The molecule has 0 amide bonds. The summed E-state index contributed by atoms with van der Waals surface area (Å²) in [6.07, 6.45) is 0.995. The molecule has 106 valence electrons. The molecule has 0 saturated carbocycles. The predicted octanol–water partition coefficient (Wildman–Crippen LogP) is 2.82. The number of aryl methyl sites for hydroxylation is 1. The quantitative estimate of drug-likeness (QED) is 0.793. The number of carbonyl (C=O) groups is 1. The highest BCUT2D eigenvalue weighted by atomic mass is 16.4. The van der Waals surface area contributed by atoms with E-state index < -0.39 is 5.97 Å². The van der Waals surface area contributed by atoms with Crippen LogP contribution in [-0.4, -0.2) is 27.6 Å². The Hall–Kier alpha value is -1.65. The van der Waals surface area contributed by atoms with Crippen molar-refractivity contribution in [3.63, 3.8) is 0 Å². The molecule has 0 fully saturated rings. The second kappa shape index (κ2) is 7.07. The molecular formula is C14H23N3O2. The Kier molecular flexibility index (Phi) is 5.73. The Balaban J connectivity index is 2.68. The predicted molar refractivity (Wildman–Crippen MR) is 75.4 cm³/mol. The van der Waals surface area contributed by atoms with Gasteiger partial charge in [0.1, 0.15) is 0 Å². The average molecular weight is 265 g/mol. The first-order valence-corrected chi connectivity index (χ1v) is 6.73. The van der Waals surface area contributed by atoms with Gasteiger partial charge in [-0.25, -0.2) is 9.97 Å². The molecule has 0 aliphatic heterocycles. The largest absolute Gasteiger partial charge is 0.481 e. The molecule has 0 aliphatic rings. The topological polar surface area (TPSA) is 75.1 Å². The molecule has 0 aliphatic carbocycles. The third-order valence-corrected chi connectivity index (χ3v) is 3.06. The van der Waals surface area contributed by atoms with Gasteiger partial charge in [-0.2, -0.15) is 0 Å². The summed E-state index contributed by atoms with van der Waals surface area (Å²) in [6.45, 7) is 8.69. The maximum Gasteiger partial charge on any atom is 0.303 e. The molecule has 1 unspecified atom stereocenters. The maximum absolute atomic E-state index is 10.7. The number of nitrogens with zero attached hydrogens (tertiary/aromatic N) is 2. The van der Waals surface area contributed by atoms with Gasteiger partial charge in [-0.3, -0.25) is 4.79 Å². The molecule has 2 N–H and O–H groups in total. The normalized spacial score (nSPS) is 12.5. The van der Waals surface area contributed by atoms with Crippen molar-refractivity contribution in [3.8, 4) is 0 Å². The number of carboxylic acid groups (broad SMARTS) is 1. The van der Waals surface area contributed by atoms with Crippen LogP contribution in [0.25, 0.3) is 0 Å². The van der Waals surface area contributed by atoms with Crippen LogP contribution in [0.3, 0.4) is 0 Å². The number of anilines is 1. The highest BCUT2D eigenvalue weighted by Crippen LogP contribution is 2.15. The summed E-state index contributed by atoms with van der Waals surface area (Å²) >= 11 is 0. The first-order chi connectivity index (χ1) is 8.92. The van der Waals surface area contributed by atoms with Crippen LogP contribution in [0.4, 0.5) is 5.95 Å². The van der Waals surface area contributed by atoms with Crippen molar-refractivity contribution in [2.24, 2.45) is 5.92 Å². The number of aromatic nitrogens is 2.